The van der Waals surface area contributed by atoms with Crippen LogP contribution in [0.3, 0.4) is 0 Å². The predicted octanol–water partition coefficient (Wildman–Crippen LogP) is 4.59. The number of amides is 2. The van der Waals surface area contributed by atoms with Gasteiger partial charge >= 0.3 is 0 Å². The topological polar surface area (TPSA) is 156 Å². The molecule has 3 fully saturated rings. The van der Waals surface area contributed by atoms with E-state index in [9.17, 15) is 19.2 Å². The molecule has 3 aliphatic rings. The molecule has 0 radical (unpaired) electrons. The van der Waals surface area contributed by atoms with Crippen LogP contribution in [0, 0.1) is 30.0 Å². The number of aromatic nitrogens is 3. The number of carbonyl (C=O) groups excluding carboxylic acids is 2. The molecule has 3 aromatic rings. The Labute approximate surface area is 264 Å². The van der Waals surface area contributed by atoms with E-state index in [4.69, 9.17) is 11.5 Å². The van der Waals surface area contributed by atoms with Crippen LogP contribution in [0.2, 0.25) is 0 Å². The number of hydrogen-bond donors (Lipinski definition) is 2. The molecule has 2 unspecified atom stereocenters. The van der Waals surface area contributed by atoms with E-state index in [1.54, 1.807) is 17.7 Å². The van der Waals surface area contributed by atoms with Crippen molar-refractivity contribution in [1.82, 2.24) is 14.8 Å². The number of aliphatic imine (C=N–C) groups is 1. The van der Waals surface area contributed by atoms with E-state index in [1.165, 1.54) is 18.2 Å². The summed E-state index contributed by atoms with van der Waals surface area (Å²) in [6.07, 6.45) is 3.03. The van der Waals surface area contributed by atoms with E-state index in [1.807, 2.05) is 17.9 Å². The number of benzene rings is 1. The van der Waals surface area contributed by atoms with Gasteiger partial charge in [0.05, 0.1) is 28.5 Å². The summed E-state index contributed by atoms with van der Waals surface area (Å²) in [5.41, 5.74) is 13.3. The molecule has 0 spiro atoms. The highest BCUT2D eigenvalue weighted by molar-refractivity contribution is 6.05. The third kappa shape index (κ3) is 5.84. The monoisotopic (exact) mass is 632 g/mol. The quantitative estimate of drug-likeness (QED) is 0.258. The molecule has 10 nitrogen and oxygen atoms in total. The molecule has 2 saturated carbocycles. The average Bonchev–Trinajstić information content (AvgIpc) is 3.95. The molecule has 2 amide bonds. The fraction of sp³-hybridized carbons (Fsp3) is 0.455. The van der Waals surface area contributed by atoms with Crippen molar-refractivity contribution in [1.29, 1.82) is 5.26 Å². The van der Waals surface area contributed by atoms with Gasteiger partial charge in [-0.25, -0.2) is 13.2 Å². The number of hydrogen-bond acceptors (Lipinski definition) is 6. The number of anilines is 1. The molecule has 1 aliphatic heterocycles. The lowest BCUT2D eigenvalue weighted by Gasteiger charge is -2.39. The Bertz CT molecular complexity index is 1800. The highest BCUT2D eigenvalue weighted by Crippen LogP contribution is 2.50. The highest BCUT2D eigenvalue weighted by atomic mass is 19.1. The van der Waals surface area contributed by atoms with Crippen LogP contribution in [0.15, 0.2) is 29.3 Å². The fourth-order valence-corrected chi connectivity index (χ4v) is 6.56. The third-order valence-corrected chi connectivity index (χ3v) is 9.15. The predicted molar refractivity (Wildman–Crippen MR) is 165 cm³/mol. The zero-order valence-electron chi connectivity index (χ0n) is 25.7. The second-order valence-corrected chi connectivity index (χ2v) is 12.6. The number of aryl methyl sites for hydroxylation is 1. The van der Waals surface area contributed by atoms with Gasteiger partial charge in [0.1, 0.15) is 36.5 Å². The number of primary amides is 1. The summed E-state index contributed by atoms with van der Waals surface area (Å²) >= 11 is 0. The second kappa shape index (κ2) is 11.9. The molecule has 2 aliphatic carbocycles. The first-order valence-electron chi connectivity index (χ1n) is 15.4. The standard InChI is InChI=1S/C33H35F3N8O2/c1-17-11-20(32(46)41-31(39)23-6-5-22(14-34)40-30(23)33(36)8-9-33)7-10-43(17)26-13-21(12-25(35)24(26)15-37)28-18(2)42-44(16-27(38)45)29(28)19-3-4-19/h5-6,12-13,17,19-20H,3-4,7-11,14,16H2,1-2H3,(H2,38,45)(H2,39,41,46). The van der Waals surface area contributed by atoms with E-state index in [0.29, 0.717) is 36.3 Å². The lowest BCUT2D eigenvalue weighted by Crippen LogP contribution is -2.43. The van der Waals surface area contributed by atoms with Crippen molar-refractivity contribution in [2.24, 2.45) is 22.4 Å². The van der Waals surface area contributed by atoms with Crippen molar-refractivity contribution in [2.75, 3.05) is 11.4 Å². The second-order valence-electron chi connectivity index (χ2n) is 12.6. The molecule has 13 heteroatoms. The van der Waals surface area contributed by atoms with E-state index in [-0.39, 0.29) is 59.7 Å². The van der Waals surface area contributed by atoms with Gasteiger partial charge in [0.25, 0.3) is 5.91 Å². The summed E-state index contributed by atoms with van der Waals surface area (Å²) in [6.45, 7) is 3.09. The van der Waals surface area contributed by atoms with Crippen LogP contribution in [0.5, 0.6) is 0 Å². The van der Waals surface area contributed by atoms with Crippen molar-refractivity contribution >= 4 is 23.3 Å². The van der Waals surface area contributed by atoms with Gasteiger partial charge in [-0.2, -0.15) is 15.4 Å². The van der Waals surface area contributed by atoms with Crippen molar-refractivity contribution in [3.8, 4) is 17.2 Å². The van der Waals surface area contributed by atoms with Crippen LogP contribution in [0.25, 0.3) is 11.1 Å². The van der Waals surface area contributed by atoms with Gasteiger partial charge in [-0.3, -0.25) is 19.3 Å². The van der Waals surface area contributed by atoms with Gasteiger partial charge in [0.2, 0.25) is 5.91 Å². The summed E-state index contributed by atoms with van der Waals surface area (Å²) in [4.78, 5) is 35.2. The van der Waals surface area contributed by atoms with Crippen molar-refractivity contribution in [3.63, 3.8) is 0 Å². The van der Waals surface area contributed by atoms with Gasteiger partial charge < -0.3 is 16.4 Å². The number of amidine groups is 1. The molecule has 0 bridgehead atoms. The zero-order valence-corrected chi connectivity index (χ0v) is 25.7. The number of nitrogens with two attached hydrogens (primary N) is 2. The lowest BCUT2D eigenvalue weighted by atomic mass is 9.89. The Morgan fingerprint density at radius 1 is 1.20 bits per heavy atom. The molecule has 240 valence electrons. The maximum atomic E-state index is 15.6. The van der Waals surface area contributed by atoms with Crippen molar-refractivity contribution < 1.29 is 22.8 Å². The van der Waals surface area contributed by atoms with Gasteiger partial charge in [-0.05, 0) is 82.2 Å². The van der Waals surface area contributed by atoms with Crippen LogP contribution in [-0.4, -0.2) is 45.0 Å². The largest absolute Gasteiger partial charge is 0.383 e. The number of nitrogens with zero attached hydrogens (tertiary/aromatic N) is 6. The Hall–Kier alpha value is -4.73. The minimum Gasteiger partial charge on any atom is -0.383 e. The number of rotatable bonds is 9. The first-order chi connectivity index (χ1) is 21.9. The van der Waals surface area contributed by atoms with E-state index >= 15 is 8.78 Å². The Balaban J connectivity index is 1.26. The molecule has 2 atom stereocenters. The van der Waals surface area contributed by atoms with E-state index in [0.717, 1.165) is 24.1 Å². The first-order valence-corrected chi connectivity index (χ1v) is 15.4. The lowest BCUT2D eigenvalue weighted by molar-refractivity contribution is -0.122. The zero-order chi connectivity index (χ0) is 32.9. The molecule has 4 N–H and O–H groups in total. The normalized spacial score (nSPS) is 20.8. The van der Waals surface area contributed by atoms with Crippen molar-refractivity contribution in [2.45, 2.75) is 83.2 Å². The summed E-state index contributed by atoms with van der Waals surface area (Å²) in [7, 11) is 0. The Morgan fingerprint density at radius 2 is 1.93 bits per heavy atom. The van der Waals surface area contributed by atoms with Gasteiger partial charge in [0, 0.05) is 35.5 Å². The molecule has 6 rings (SSSR count). The van der Waals surface area contributed by atoms with Crippen molar-refractivity contribution in [3.05, 3.63) is 64.0 Å². The van der Waals surface area contributed by atoms with Crippen LogP contribution < -0.4 is 16.4 Å². The Morgan fingerprint density at radius 3 is 2.54 bits per heavy atom. The van der Waals surface area contributed by atoms with Crippen LogP contribution in [-0.2, 0) is 28.5 Å². The molecule has 3 heterocycles. The number of nitriles is 1. The third-order valence-electron chi connectivity index (χ3n) is 9.15. The summed E-state index contributed by atoms with van der Waals surface area (Å²) < 4.78 is 45.4. The maximum Gasteiger partial charge on any atom is 0.250 e. The summed E-state index contributed by atoms with van der Waals surface area (Å²) in [5, 5.41) is 14.5. The molecular weight excluding hydrogens is 597 g/mol. The summed E-state index contributed by atoms with van der Waals surface area (Å²) in [5.74, 6) is -2.18. The number of piperidine rings is 1. The van der Waals surface area contributed by atoms with Gasteiger partial charge in [0.15, 0.2) is 5.67 Å². The van der Waals surface area contributed by atoms with Crippen LogP contribution in [0.4, 0.5) is 18.9 Å². The minimum atomic E-state index is -1.70. The number of halogens is 3. The van der Waals surface area contributed by atoms with Gasteiger partial charge in [-0.1, -0.05) is 0 Å². The fourth-order valence-electron chi connectivity index (χ4n) is 6.56. The summed E-state index contributed by atoms with van der Waals surface area (Å²) in [6, 6.07) is 7.69. The van der Waals surface area contributed by atoms with Gasteiger partial charge in [-0.15, -0.1) is 0 Å². The number of carbonyl (C=O) groups is 2. The van der Waals surface area contributed by atoms with E-state index < -0.39 is 35.9 Å². The maximum absolute atomic E-state index is 15.6. The number of pyridine rings is 1. The smallest absolute Gasteiger partial charge is 0.250 e. The molecule has 46 heavy (non-hydrogen) atoms. The molecule has 1 saturated heterocycles. The molecular formula is C33H35F3N8O2. The highest BCUT2D eigenvalue weighted by Gasteiger charge is 2.48. The first kappa shape index (κ1) is 31.3. The average molecular weight is 633 g/mol. The minimum absolute atomic E-state index is 0.00563. The van der Waals surface area contributed by atoms with Crippen LogP contribution >= 0.6 is 0 Å². The van der Waals surface area contributed by atoms with Crippen LogP contribution in [0.1, 0.15) is 85.3 Å². The molecule has 2 aromatic heterocycles. The number of alkyl halides is 2. The Kier molecular flexibility index (Phi) is 8.08. The van der Waals surface area contributed by atoms with E-state index in [2.05, 4.69) is 15.1 Å². The SMILES string of the molecule is Cc1nn(CC(N)=O)c(C2CC2)c1-c1cc(F)c(C#N)c(N2CCC(C(=O)N=C(N)c3ccc(CF)nc3C3(F)CC3)CC2C)c1. The molecule has 1 aromatic carbocycles.